The highest BCUT2D eigenvalue weighted by atomic mass is 127. The summed E-state index contributed by atoms with van der Waals surface area (Å²) in [5.74, 6) is 0. The number of hydrogen-bond acceptors (Lipinski definition) is 3. The van der Waals surface area contributed by atoms with E-state index in [4.69, 9.17) is 11.6 Å². The monoisotopic (exact) mass is 428 g/mol. The van der Waals surface area contributed by atoms with E-state index in [-0.39, 0.29) is 5.38 Å². The van der Waals surface area contributed by atoms with Crippen molar-refractivity contribution in [2.24, 2.45) is 0 Å². The molecule has 0 saturated heterocycles. The second-order valence-corrected chi connectivity index (χ2v) is 6.95. The van der Waals surface area contributed by atoms with Crippen LogP contribution in [-0.4, -0.2) is 10.2 Å². The summed E-state index contributed by atoms with van der Waals surface area (Å²) in [7, 11) is 0. The number of benzene rings is 1. The van der Waals surface area contributed by atoms with Crippen LogP contribution in [0.15, 0.2) is 22.7 Å². The summed E-state index contributed by atoms with van der Waals surface area (Å²) in [4.78, 5) is 0. The molecule has 2 aromatic rings. The Labute approximate surface area is 125 Å². The molecule has 6 heteroatoms. The Kier molecular flexibility index (Phi) is 4.21. The Bertz CT molecular complexity index is 515. The second kappa shape index (κ2) is 5.29. The van der Waals surface area contributed by atoms with Gasteiger partial charge in [-0.15, -0.1) is 21.8 Å². The lowest BCUT2D eigenvalue weighted by molar-refractivity contribution is 0.962. The Balaban J connectivity index is 2.46. The zero-order valence-electron chi connectivity index (χ0n) is 8.25. The molecule has 1 aromatic carbocycles. The third kappa shape index (κ3) is 2.75. The maximum Gasteiger partial charge on any atom is 0.149 e. The largest absolute Gasteiger partial charge is 0.149 e. The lowest BCUT2D eigenvalue weighted by atomic mass is 10.2. The van der Waals surface area contributed by atoms with Gasteiger partial charge in [-0.05, 0) is 47.7 Å². The first kappa shape index (κ1) is 12.7. The van der Waals surface area contributed by atoms with Gasteiger partial charge >= 0.3 is 0 Å². The van der Waals surface area contributed by atoms with Gasteiger partial charge in [-0.1, -0.05) is 27.3 Å². The van der Waals surface area contributed by atoms with Crippen LogP contribution in [0.3, 0.4) is 0 Å². The molecule has 84 valence electrons. The Morgan fingerprint density at radius 1 is 1.44 bits per heavy atom. The number of nitrogens with zero attached hydrogens (tertiary/aromatic N) is 2. The third-order valence-corrected chi connectivity index (χ3v) is 4.78. The van der Waals surface area contributed by atoms with Crippen LogP contribution in [0.5, 0.6) is 0 Å². The number of hydrogen-bond donors (Lipinski definition) is 0. The first-order valence-electron chi connectivity index (χ1n) is 4.51. The molecule has 16 heavy (non-hydrogen) atoms. The summed E-state index contributed by atoms with van der Waals surface area (Å²) < 4.78 is 2.20. The quantitative estimate of drug-likeness (QED) is 0.503. The molecule has 0 saturated carbocycles. The van der Waals surface area contributed by atoms with Crippen LogP contribution in [0.25, 0.3) is 10.6 Å². The molecule has 1 unspecified atom stereocenters. The molecular weight excluding hydrogens is 422 g/mol. The summed E-state index contributed by atoms with van der Waals surface area (Å²) >= 11 is 13.3. The van der Waals surface area contributed by atoms with Crippen LogP contribution in [0.4, 0.5) is 0 Å². The van der Waals surface area contributed by atoms with Gasteiger partial charge in [0.25, 0.3) is 0 Å². The van der Waals surface area contributed by atoms with Crippen LogP contribution >= 0.6 is 61.5 Å². The van der Waals surface area contributed by atoms with Crippen LogP contribution < -0.4 is 0 Å². The summed E-state index contributed by atoms with van der Waals surface area (Å²) in [6.45, 7) is 1.90. The van der Waals surface area contributed by atoms with E-state index < -0.39 is 0 Å². The topological polar surface area (TPSA) is 25.8 Å². The first-order valence-corrected chi connectivity index (χ1v) is 7.63. The molecule has 1 heterocycles. The minimum atomic E-state index is -0.0900. The number of alkyl halides is 1. The smallest absolute Gasteiger partial charge is 0.142 e. The zero-order valence-corrected chi connectivity index (χ0v) is 13.6. The lowest BCUT2D eigenvalue weighted by Crippen LogP contribution is -1.82. The number of halogens is 3. The highest BCUT2D eigenvalue weighted by Gasteiger charge is 2.13. The van der Waals surface area contributed by atoms with Crippen molar-refractivity contribution in [1.82, 2.24) is 10.2 Å². The van der Waals surface area contributed by atoms with E-state index in [0.717, 1.165) is 20.1 Å². The normalized spacial score (nSPS) is 12.8. The Morgan fingerprint density at radius 3 is 2.81 bits per heavy atom. The van der Waals surface area contributed by atoms with Gasteiger partial charge in [0, 0.05) is 13.6 Å². The number of rotatable bonds is 2. The van der Waals surface area contributed by atoms with E-state index >= 15 is 0 Å². The first-order chi connectivity index (χ1) is 7.58. The van der Waals surface area contributed by atoms with Crippen molar-refractivity contribution in [2.45, 2.75) is 12.3 Å². The lowest BCUT2D eigenvalue weighted by Gasteiger charge is -2.00. The van der Waals surface area contributed by atoms with Crippen LogP contribution in [-0.2, 0) is 0 Å². The van der Waals surface area contributed by atoms with Gasteiger partial charge in [-0.3, -0.25) is 0 Å². The standard InChI is InChI=1S/C10H7BrClIN2S/c1-5(12)9-14-15-10(16-9)7-4-6(13)2-3-8(7)11/h2-5H,1H3. The number of aromatic nitrogens is 2. The van der Waals surface area contributed by atoms with Gasteiger partial charge in [0.2, 0.25) is 0 Å². The predicted octanol–water partition coefficient (Wildman–Crippen LogP) is 4.87. The molecule has 0 radical (unpaired) electrons. The highest BCUT2D eigenvalue weighted by Crippen LogP contribution is 2.34. The van der Waals surface area contributed by atoms with E-state index in [1.807, 2.05) is 19.1 Å². The minimum Gasteiger partial charge on any atom is -0.142 e. The molecule has 0 amide bonds. The second-order valence-electron chi connectivity index (χ2n) is 3.19. The van der Waals surface area contributed by atoms with Crippen molar-refractivity contribution in [3.05, 3.63) is 31.2 Å². The van der Waals surface area contributed by atoms with Gasteiger partial charge in [0.1, 0.15) is 10.0 Å². The maximum absolute atomic E-state index is 5.97. The van der Waals surface area contributed by atoms with Crippen molar-refractivity contribution < 1.29 is 0 Å². The van der Waals surface area contributed by atoms with Gasteiger partial charge in [-0.2, -0.15) is 0 Å². The van der Waals surface area contributed by atoms with Gasteiger partial charge < -0.3 is 0 Å². The van der Waals surface area contributed by atoms with Crippen molar-refractivity contribution in [1.29, 1.82) is 0 Å². The van der Waals surface area contributed by atoms with Crippen molar-refractivity contribution in [3.63, 3.8) is 0 Å². The van der Waals surface area contributed by atoms with E-state index in [0.29, 0.717) is 0 Å². The summed E-state index contributed by atoms with van der Waals surface area (Å²) in [5, 5.41) is 9.89. The average molecular weight is 430 g/mol. The summed E-state index contributed by atoms with van der Waals surface area (Å²) in [6.07, 6.45) is 0. The molecule has 0 fully saturated rings. The fourth-order valence-electron chi connectivity index (χ4n) is 1.17. The average Bonchev–Trinajstić information content (AvgIpc) is 2.70. The van der Waals surface area contributed by atoms with Crippen molar-refractivity contribution in [2.75, 3.05) is 0 Å². The molecule has 0 bridgehead atoms. The van der Waals surface area contributed by atoms with Gasteiger partial charge in [0.15, 0.2) is 0 Å². The van der Waals surface area contributed by atoms with Gasteiger partial charge in [-0.25, -0.2) is 0 Å². The fraction of sp³-hybridized carbons (Fsp3) is 0.200. The Hall–Kier alpha value is 0.280. The fourth-order valence-corrected chi connectivity index (χ4v) is 3.20. The van der Waals surface area contributed by atoms with Crippen LogP contribution in [0.2, 0.25) is 0 Å². The van der Waals surface area contributed by atoms with E-state index in [2.05, 4.69) is 54.8 Å². The molecular formula is C10H7BrClIN2S. The van der Waals surface area contributed by atoms with E-state index in [9.17, 15) is 0 Å². The third-order valence-electron chi connectivity index (χ3n) is 1.94. The van der Waals surface area contributed by atoms with Gasteiger partial charge in [0.05, 0.1) is 5.38 Å². The van der Waals surface area contributed by atoms with Crippen molar-refractivity contribution in [3.8, 4) is 10.6 Å². The molecule has 0 spiro atoms. The SMILES string of the molecule is CC(Cl)c1nnc(-c2cc(I)ccc2Br)s1. The van der Waals surface area contributed by atoms with E-state index in [1.165, 1.54) is 14.9 Å². The molecule has 1 atom stereocenters. The maximum atomic E-state index is 5.97. The Morgan fingerprint density at radius 2 is 2.19 bits per heavy atom. The minimum absolute atomic E-state index is 0.0900. The summed E-state index contributed by atoms with van der Waals surface area (Å²) in [5.41, 5.74) is 1.06. The molecule has 0 aliphatic rings. The summed E-state index contributed by atoms with van der Waals surface area (Å²) in [6, 6.07) is 6.14. The predicted molar refractivity (Wildman–Crippen MR) is 80.0 cm³/mol. The molecule has 1 aromatic heterocycles. The van der Waals surface area contributed by atoms with Crippen molar-refractivity contribution >= 4 is 61.5 Å². The molecule has 0 N–H and O–H groups in total. The van der Waals surface area contributed by atoms with Crippen LogP contribution in [0.1, 0.15) is 17.3 Å². The van der Waals surface area contributed by atoms with Crippen LogP contribution in [0, 0.1) is 3.57 Å². The highest BCUT2D eigenvalue weighted by molar-refractivity contribution is 14.1. The molecule has 2 rings (SSSR count). The van der Waals surface area contributed by atoms with E-state index in [1.54, 1.807) is 0 Å². The molecule has 2 nitrogen and oxygen atoms in total. The molecule has 0 aliphatic carbocycles. The zero-order chi connectivity index (χ0) is 11.7. The molecule has 0 aliphatic heterocycles.